The van der Waals surface area contributed by atoms with Crippen molar-refractivity contribution >= 4 is 0 Å². The number of hydrogen-bond acceptors (Lipinski definition) is 3. The van der Waals surface area contributed by atoms with Crippen LogP contribution < -0.4 is 5.32 Å². The van der Waals surface area contributed by atoms with Crippen LogP contribution in [0.5, 0.6) is 0 Å². The van der Waals surface area contributed by atoms with Gasteiger partial charge in [-0.2, -0.15) is 0 Å². The van der Waals surface area contributed by atoms with Gasteiger partial charge in [0.1, 0.15) is 0 Å². The molecule has 0 aromatic rings. The first-order valence-corrected chi connectivity index (χ1v) is 3.39. The second-order valence-corrected chi connectivity index (χ2v) is 2.99. The molecule has 1 aliphatic carbocycles. The minimum atomic E-state index is -0.315. The number of piperidine rings is 1. The second kappa shape index (κ2) is 1.68. The summed E-state index contributed by atoms with van der Waals surface area (Å²) < 4.78 is 0. The lowest BCUT2D eigenvalue weighted by Gasteiger charge is -2.48. The number of aliphatic hydroxyl groups excluding tert-OH is 2. The average Bonchev–Trinajstić information content (AvgIpc) is 1.57. The summed E-state index contributed by atoms with van der Waals surface area (Å²) in [6, 6.07) is 0.553. The standard InChI is InChI=1S/C6H11NO2/c8-5-2-6(9)4-1-3(5)7-4/h3-9H,1-2H2. The van der Waals surface area contributed by atoms with Crippen LogP contribution in [0.1, 0.15) is 12.8 Å². The van der Waals surface area contributed by atoms with Gasteiger partial charge in [0.25, 0.3) is 0 Å². The van der Waals surface area contributed by atoms with Crippen molar-refractivity contribution in [2.45, 2.75) is 37.1 Å². The van der Waals surface area contributed by atoms with E-state index in [1.54, 1.807) is 0 Å². The van der Waals surface area contributed by atoms with Crippen molar-refractivity contribution in [1.29, 1.82) is 0 Å². The lowest BCUT2D eigenvalue weighted by atomic mass is 9.79. The summed E-state index contributed by atoms with van der Waals surface area (Å²) in [5.41, 5.74) is 0. The summed E-state index contributed by atoms with van der Waals surface area (Å²) in [5, 5.41) is 21.4. The van der Waals surface area contributed by atoms with Crippen molar-refractivity contribution in [2.24, 2.45) is 0 Å². The maximum Gasteiger partial charge on any atom is 0.0719 e. The van der Waals surface area contributed by atoms with Crippen LogP contribution in [-0.2, 0) is 0 Å². The molecule has 1 saturated carbocycles. The van der Waals surface area contributed by atoms with E-state index in [1.165, 1.54) is 0 Å². The molecule has 2 heterocycles. The molecule has 2 saturated heterocycles. The van der Waals surface area contributed by atoms with E-state index in [0.29, 0.717) is 6.42 Å². The van der Waals surface area contributed by atoms with Gasteiger partial charge >= 0.3 is 0 Å². The predicted molar refractivity (Wildman–Crippen MR) is 32.0 cm³/mol. The Hall–Kier alpha value is -0.120. The molecule has 3 nitrogen and oxygen atoms in total. The van der Waals surface area contributed by atoms with E-state index in [0.717, 1.165) is 6.42 Å². The van der Waals surface area contributed by atoms with Crippen molar-refractivity contribution in [3.05, 3.63) is 0 Å². The first kappa shape index (κ1) is 5.65. The first-order chi connectivity index (χ1) is 4.27. The van der Waals surface area contributed by atoms with Gasteiger partial charge < -0.3 is 15.5 Å². The Morgan fingerprint density at radius 1 is 1.00 bits per heavy atom. The highest BCUT2D eigenvalue weighted by Gasteiger charge is 2.43. The molecule has 3 N–H and O–H groups in total. The maximum absolute atomic E-state index is 9.16. The molecule has 4 atom stereocenters. The van der Waals surface area contributed by atoms with E-state index in [-0.39, 0.29) is 24.3 Å². The van der Waals surface area contributed by atoms with Gasteiger partial charge in [0, 0.05) is 18.5 Å². The van der Waals surface area contributed by atoms with Crippen molar-refractivity contribution < 1.29 is 10.2 Å². The van der Waals surface area contributed by atoms with E-state index in [4.69, 9.17) is 10.2 Å². The van der Waals surface area contributed by atoms with E-state index in [1.807, 2.05) is 0 Å². The zero-order valence-electron chi connectivity index (χ0n) is 5.12. The molecule has 0 spiro atoms. The normalized spacial score (nSPS) is 56.7. The van der Waals surface area contributed by atoms with Crippen LogP contribution in [0, 0.1) is 0 Å². The first-order valence-electron chi connectivity index (χ1n) is 3.39. The summed E-state index contributed by atoms with van der Waals surface area (Å²) in [5.74, 6) is 0. The summed E-state index contributed by atoms with van der Waals surface area (Å²) in [6.45, 7) is 0. The van der Waals surface area contributed by atoms with Crippen LogP contribution in [0.4, 0.5) is 0 Å². The smallest absolute Gasteiger partial charge is 0.0719 e. The molecule has 0 aromatic carbocycles. The van der Waals surface area contributed by atoms with E-state index >= 15 is 0 Å². The van der Waals surface area contributed by atoms with Crippen LogP contribution in [0.3, 0.4) is 0 Å². The van der Waals surface area contributed by atoms with Gasteiger partial charge in [-0.25, -0.2) is 0 Å². The molecule has 52 valence electrons. The molecule has 2 bridgehead atoms. The highest BCUT2D eigenvalue weighted by atomic mass is 16.3. The molecule has 0 aromatic heterocycles. The van der Waals surface area contributed by atoms with Crippen LogP contribution in [-0.4, -0.2) is 34.5 Å². The van der Waals surface area contributed by atoms with Gasteiger partial charge in [-0.05, 0) is 6.42 Å². The van der Waals surface area contributed by atoms with Gasteiger partial charge in [0.05, 0.1) is 12.2 Å². The fourth-order valence-corrected chi connectivity index (χ4v) is 1.64. The Bertz CT molecular complexity index is 110. The lowest BCUT2D eigenvalue weighted by molar-refractivity contribution is -0.0632. The van der Waals surface area contributed by atoms with Gasteiger partial charge in [-0.1, -0.05) is 0 Å². The van der Waals surface area contributed by atoms with Crippen molar-refractivity contribution in [1.82, 2.24) is 5.32 Å². The van der Waals surface area contributed by atoms with Crippen molar-refractivity contribution in [3.8, 4) is 0 Å². The monoisotopic (exact) mass is 129 g/mol. The fraction of sp³-hybridized carbons (Fsp3) is 1.00. The third-order valence-electron chi connectivity index (χ3n) is 2.35. The van der Waals surface area contributed by atoms with Crippen LogP contribution in [0.15, 0.2) is 0 Å². The summed E-state index contributed by atoms with van der Waals surface area (Å²) in [6.07, 6.45) is 0.875. The van der Waals surface area contributed by atoms with Crippen LogP contribution in [0.2, 0.25) is 0 Å². The zero-order valence-corrected chi connectivity index (χ0v) is 5.12. The Balaban J connectivity index is 2.04. The fourth-order valence-electron chi connectivity index (χ4n) is 1.64. The van der Waals surface area contributed by atoms with Crippen LogP contribution >= 0.6 is 0 Å². The zero-order chi connectivity index (χ0) is 6.43. The highest BCUT2D eigenvalue weighted by molar-refractivity contribution is 5.03. The topological polar surface area (TPSA) is 52.5 Å². The number of aliphatic hydroxyl groups is 2. The largest absolute Gasteiger partial charge is 0.391 e. The van der Waals surface area contributed by atoms with E-state index < -0.39 is 0 Å². The third-order valence-corrected chi connectivity index (χ3v) is 2.35. The van der Waals surface area contributed by atoms with Crippen molar-refractivity contribution in [3.63, 3.8) is 0 Å². The SMILES string of the molecule is OC1CC(O)C2CC1N2. The van der Waals surface area contributed by atoms with Gasteiger partial charge in [0.2, 0.25) is 0 Å². The van der Waals surface area contributed by atoms with Gasteiger partial charge in [0.15, 0.2) is 0 Å². The Kier molecular flexibility index (Phi) is 1.06. The Labute approximate surface area is 53.7 Å². The molecule has 3 aliphatic rings. The summed E-state index contributed by atoms with van der Waals surface area (Å²) in [7, 11) is 0. The van der Waals surface area contributed by atoms with E-state index in [9.17, 15) is 0 Å². The average molecular weight is 129 g/mol. The summed E-state index contributed by atoms with van der Waals surface area (Å²) >= 11 is 0. The predicted octanol–water partition coefficient (Wildman–Crippen LogP) is -1.16. The second-order valence-electron chi connectivity index (χ2n) is 2.99. The van der Waals surface area contributed by atoms with Crippen LogP contribution in [0.25, 0.3) is 0 Å². The Morgan fingerprint density at radius 2 is 1.44 bits per heavy atom. The lowest BCUT2D eigenvalue weighted by Crippen LogP contribution is -2.67. The minimum absolute atomic E-state index is 0.276. The molecular weight excluding hydrogens is 118 g/mol. The molecule has 3 heteroatoms. The van der Waals surface area contributed by atoms with Gasteiger partial charge in [-0.3, -0.25) is 0 Å². The maximum atomic E-state index is 9.16. The number of fused-ring (bicyclic) bond motifs is 2. The molecule has 3 rings (SSSR count). The van der Waals surface area contributed by atoms with Gasteiger partial charge in [-0.15, -0.1) is 0 Å². The Morgan fingerprint density at radius 3 is 1.67 bits per heavy atom. The number of nitrogens with one attached hydrogen (secondary N) is 1. The number of rotatable bonds is 0. The molecule has 4 unspecified atom stereocenters. The molecule has 3 fully saturated rings. The molecule has 2 aliphatic heterocycles. The summed E-state index contributed by atoms with van der Waals surface area (Å²) in [4.78, 5) is 0. The quantitative estimate of drug-likeness (QED) is 0.387. The molecule has 9 heavy (non-hydrogen) atoms. The van der Waals surface area contributed by atoms with Crippen molar-refractivity contribution in [2.75, 3.05) is 0 Å². The molecular formula is C6H11NO2. The minimum Gasteiger partial charge on any atom is -0.391 e. The highest BCUT2D eigenvalue weighted by Crippen LogP contribution is 2.28. The number of hydrogen-bond donors (Lipinski definition) is 3. The molecule has 0 amide bonds. The molecule has 0 radical (unpaired) electrons. The van der Waals surface area contributed by atoms with E-state index in [2.05, 4.69) is 5.32 Å². The third kappa shape index (κ3) is 0.689.